The lowest BCUT2D eigenvalue weighted by Gasteiger charge is -1.98. The van der Waals surface area contributed by atoms with Crippen LogP contribution >= 0.6 is 11.8 Å². The molecule has 0 aromatic rings. The number of hydrogen-bond donors (Lipinski definition) is 1. The van der Waals surface area contributed by atoms with E-state index in [-0.39, 0.29) is 0 Å². The van der Waals surface area contributed by atoms with Crippen molar-refractivity contribution in [2.24, 2.45) is 5.16 Å². The van der Waals surface area contributed by atoms with Crippen molar-refractivity contribution in [3.63, 3.8) is 0 Å². The Labute approximate surface area is 84.3 Å². The van der Waals surface area contributed by atoms with Gasteiger partial charge in [-0.2, -0.15) is 0 Å². The highest BCUT2D eigenvalue weighted by molar-refractivity contribution is 8.15. The molecule has 0 fully saturated rings. The van der Waals surface area contributed by atoms with E-state index in [1.165, 1.54) is 6.26 Å². The van der Waals surface area contributed by atoms with Crippen molar-refractivity contribution < 1.29 is 24.3 Å². The first kappa shape index (κ1) is 12.6. The number of oxime groups is 1. The van der Waals surface area contributed by atoms with Crippen LogP contribution in [0, 0.1) is 0 Å². The number of carbonyl (C=O) groups excluding carboxylic acids is 2. The molecule has 0 spiro atoms. The number of nitrogens with zero attached hydrogens (tertiary/aromatic N) is 1. The van der Waals surface area contributed by atoms with E-state index in [2.05, 4.69) is 9.99 Å². The minimum absolute atomic E-state index is 0.390. The fraction of sp³-hybridized carbons (Fsp3) is 0.429. The van der Waals surface area contributed by atoms with Gasteiger partial charge in [0.1, 0.15) is 0 Å². The van der Waals surface area contributed by atoms with E-state index in [4.69, 9.17) is 5.11 Å². The van der Waals surface area contributed by atoms with Gasteiger partial charge in [-0.25, -0.2) is 4.79 Å². The van der Waals surface area contributed by atoms with Gasteiger partial charge in [0.2, 0.25) is 11.7 Å². The number of aliphatic carboxylic acids is 1. The van der Waals surface area contributed by atoms with Crippen molar-refractivity contribution >= 4 is 34.3 Å². The Balaban J connectivity index is 4.42. The molecule has 0 radical (unpaired) electrons. The quantitative estimate of drug-likeness (QED) is 0.395. The van der Waals surface area contributed by atoms with Crippen molar-refractivity contribution in [2.45, 2.75) is 6.92 Å². The molecule has 0 aliphatic heterocycles. The van der Waals surface area contributed by atoms with Crippen LogP contribution in [0.25, 0.3) is 0 Å². The van der Waals surface area contributed by atoms with Crippen molar-refractivity contribution in [2.75, 3.05) is 12.9 Å². The fourth-order valence-electron chi connectivity index (χ4n) is 0.494. The van der Waals surface area contributed by atoms with Crippen LogP contribution in [0.1, 0.15) is 6.92 Å². The lowest BCUT2D eigenvalue weighted by molar-refractivity contribution is -0.142. The third-order valence-electron chi connectivity index (χ3n) is 1.06. The summed E-state index contributed by atoms with van der Waals surface area (Å²) in [6.45, 7) is 0.468. The number of ketones is 1. The fourth-order valence-corrected chi connectivity index (χ4v) is 0.868. The third kappa shape index (κ3) is 4.61. The molecule has 0 unspecified atom stereocenters. The van der Waals surface area contributed by atoms with Crippen LogP contribution in [-0.2, 0) is 19.2 Å². The van der Waals surface area contributed by atoms with Crippen LogP contribution in [-0.4, -0.2) is 40.5 Å². The first-order valence-corrected chi connectivity index (χ1v) is 4.72. The molecule has 6 nitrogen and oxygen atoms in total. The molecule has 0 heterocycles. The first-order valence-electron chi connectivity index (χ1n) is 3.50. The molecule has 0 atom stereocenters. The SMILES string of the molecule is CSC(=O)C(=NOCC(=O)O)C(C)=O. The molecular formula is C7H9NO5S. The Morgan fingerprint density at radius 3 is 2.36 bits per heavy atom. The van der Waals surface area contributed by atoms with E-state index in [0.717, 1.165) is 18.7 Å². The van der Waals surface area contributed by atoms with Crippen LogP contribution in [0.15, 0.2) is 5.16 Å². The molecule has 7 heteroatoms. The van der Waals surface area contributed by atoms with E-state index >= 15 is 0 Å². The Bertz CT molecular complexity index is 286. The van der Waals surface area contributed by atoms with Crippen LogP contribution in [0.5, 0.6) is 0 Å². The summed E-state index contributed by atoms with van der Waals surface area (Å²) in [6.07, 6.45) is 1.48. The molecule has 78 valence electrons. The number of carbonyl (C=O) groups is 3. The minimum atomic E-state index is -1.23. The predicted octanol–water partition coefficient (Wildman–Crippen LogP) is -0.0778. The van der Waals surface area contributed by atoms with Gasteiger partial charge in [0, 0.05) is 6.92 Å². The van der Waals surface area contributed by atoms with E-state index in [0.29, 0.717) is 0 Å². The van der Waals surface area contributed by atoms with Gasteiger partial charge in [-0.05, 0) is 6.26 Å². The van der Waals surface area contributed by atoms with Gasteiger partial charge < -0.3 is 9.94 Å². The number of Topliss-reactive ketones (excluding diaryl/α,β-unsaturated/α-hetero) is 1. The van der Waals surface area contributed by atoms with Gasteiger partial charge in [0.05, 0.1) is 0 Å². The Kier molecular flexibility index (Phi) is 5.54. The maximum Gasteiger partial charge on any atom is 0.344 e. The summed E-state index contributed by atoms with van der Waals surface area (Å²) in [6, 6.07) is 0. The molecule has 14 heavy (non-hydrogen) atoms. The van der Waals surface area contributed by atoms with Gasteiger partial charge in [-0.15, -0.1) is 0 Å². The van der Waals surface area contributed by atoms with Gasteiger partial charge in [-0.3, -0.25) is 9.59 Å². The molecule has 0 rings (SSSR count). The topological polar surface area (TPSA) is 93.0 Å². The average molecular weight is 219 g/mol. The number of carboxylic acid groups (broad SMARTS) is 1. The Hall–Kier alpha value is -1.37. The normalized spacial score (nSPS) is 10.9. The van der Waals surface area contributed by atoms with Gasteiger partial charge >= 0.3 is 5.97 Å². The second kappa shape index (κ2) is 6.14. The van der Waals surface area contributed by atoms with Gasteiger partial charge in [-0.1, -0.05) is 16.9 Å². The highest BCUT2D eigenvalue weighted by atomic mass is 32.2. The van der Waals surface area contributed by atoms with E-state index in [1.54, 1.807) is 0 Å². The molecule has 0 saturated heterocycles. The van der Waals surface area contributed by atoms with Crippen LogP contribution in [0.2, 0.25) is 0 Å². The van der Waals surface area contributed by atoms with Crippen LogP contribution in [0.3, 0.4) is 0 Å². The second-order valence-corrected chi connectivity index (χ2v) is 2.93. The lowest BCUT2D eigenvalue weighted by Crippen LogP contribution is -2.20. The summed E-state index contributed by atoms with van der Waals surface area (Å²) in [4.78, 5) is 36.1. The van der Waals surface area contributed by atoms with Crippen molar-refractivity contribution in [3.05, 3.63) is 0 Å². The molecule has 0 aliphatic carbocycles. The summed E-state index contributed by atoms with van der Waals surface area (Å²) in [5.74, 6) is -1.79. The third-order valence-corrected chi connectivity index (χ3v) is 1.62. The highest BCUT2D eigenvalue weighted by Crippen LogP contribution is 1.99. The number of carboxylic acids is 1. The highest BCUT2D eigenvalue weighted by Gasteiger charge is 2.16. The van der Waals surface area contributed by atoms with Crippen LogP contribution in [0.4, 0.5) is 0 Å². The zero-order valence-electron chi connectivity index (χ0n) is 7.64. The maximum atomic E-state index is 11.0. The number of thioether (sulfide) groups is 1. The summed E-state index contributed by atoms with van der Waals surface area (Å²) in [7, 11) is 0. The zero-order chi connectivity index (χ0) is 11.1. The smallest absolute Gasteiger partial charge is 0.344 e. The van der Waals surface area contributed by atoms with E-state index in [9.17, 15) is 14.4 Å². The molecule has 0 aliphatic rings. The summed E-state index contributed by atoms with van der Waals surface area (Å²) in [5.41, 5.74) is -0.390. The summed E-state index contributed by atoms with van der Waals surface area (Å²) in [5, 5.41) is 10.8. The molecular weight excluding hydrogens is 210 g/mol. The Morgan fingerprint density at radius 1 is 1.43 bits per heavy atom. The monoisotopic (exact) mass is 219 g/mol. The predicted molar refractivity (Wildman–Crippen MR) is 50.2 cm³/mol. The second-order valence-electron chi connectivity index (χ2n) is 2.15. The first-order chi connectivity index (χ1) is 6.49. The lowest BCUT2D eigenvalue weighted by atomic mass is 10.3. The van der Waals surface area contributed by atoms with E-state index in [1.807, 2.05) is 0 Å². The number of rotatable bonds is 5. The molecule has 0 saturated carbocycles. The van der Waals surface area contributed by atoms with Gasteiger partial charge in [0.25, 0.3) is 0 Å². The number of hydrogen-bond acceptors (Lipinski definition) is 6. The minimum Gasteiger partial charge on any atom is -0.479 e. The molecule has 0 aromatic heterocycles. The average Bonchev–Trinajstić information content (AvgIpc) is 2.10. The zero-order valence-corrected chi connectivity index (χ0v) is 8.46. The largest absolute Gasteiger partial charge is 0.479 e. The maximum absolute atomic E-state index is 11.0. The molecule has 0 aromatic carbocycles. The standard InChI is InChI=1S/C7H9NO5S/c1-4(9)6(7(12)14-2)8-13-3-5(10)11/h3H2,1-2H3,(H,10,11). The van der Waals surface area contributed by atoms with E-state index < -0.39 is 29.2 Å². The van der Waals surface area contributed by atoms with Crippen molar-refractivity contribution in [1.29, 1.82) is 0 Å². The molecule has 0 bridgehead atoms. The van der Waals surface area contributed by atoms with Gasteiger partial charge in [0.15, 0.2) is 11.5 Å². The summed E-state index contributed by atoms with van der Waals surface area (Å²) < 4.78 is 0. The Morgan fingerprint density at radius 2 is 2.00 bits per heavy atom. The van der Waals surface area contributed by atoms with Crippen molar-refractivity contribution in [1.82, 2.24) is 0 Å². The molecule has 0 amide bonds. The molecule has 1 N–H and O–H groups in total. The van der Waals surface area contributed by atoms with Crippen LogP contribution < -0.4 is 0 Å². The van der Waals surface area contributed by atoms with Crippen molar-refractivity contribution in [3.8, 4) is 0 Å². The summed E-state index contributed by atoms with van der Waals surface area (Å²) >= 11 is 0.802.